The van der Waals surface area contributed by atoms with E-state index in [4.69, 9.17) is 6.42 Å². The van der Waals surface area contributed by atoms with Gasteiger partial charge in [0.15, 0.2) is 5.78 Å². The van der Waals surface area contributed by atoms with E-state index in [0.717, 1.165) is 37.9 Å². The Balaban J connectivity index is 1.93. The van der Waals surface area contributed by atoms with Gasteiger partial charge < -0.3 is 0 Å². The van der Waals surface area contributed by atoms with Crippen molar-refractivity contribution in [2.45, 2.75) is 33.1 Å². The molecule has 0 amide bonds. The molecule has 0 bridgehead atoms. The van der Waals surface area contributed by atoms with Crippen LogP contribution in [0.25, 0.3) is 0 Å². The third kappa shape index (κ3) is 4.44. The van der Waals surface area contributed by atoms with Crippen molar-refractivity contribution in [2.75, 3.05) is 19.6 Å². The molecule has 1 aliphatic rings. The molecule has 1 aromatic carbocycles. The molecule has 2 rings (SSSR count). The van der Waals surface area contributed by atoms with Gasteiger partial charge in [0, 0.05) is 11.5 Å². The van der Waals surface area contributed by atoms with Gasteiger partial charge in [0.25, 0.3) is 0 Å². The standard InChI is InChI=1S/C19H25NO/c1-4-11-20-12-9-18(10-13-20)19(21)17-7-5-16(6-8-17)14-15(2)3/h1,5-8,15,18H,9-14H2,2-3H3. The highest BCUT2D eigenvalue weighted by molar-refractivity contribution is 5.97. The highest BCUT2D eigenvalue weighted by Gasteiger charge is 2.25. The van der Waals surface area contributed by atoms with Crippen LogP contribution in [0.15, 0.2) is 24.3 Å². The van der Waals surface area contributed by atoms with Crippen molar-refractivity contribution in [3.05, 3.63) is 35.4 Å². The van der Waals surface area contributed by atoms with E-state index >= 15 is 0 Å². The number of carbonyl (C=O) groups excluding carboxylic acids is 1. The molecule has 0 radical (unpaired) electrons. The van der Waals surface area contributed by atoms with Gasteiger partial charge in [0.05, 0.1) is 6.54 Å². The van der Waals surface area contributed by atoms with E-state index in [0.29, 0.717) is 18.2 Å². The lowest BCUT2D eigenvalue weighted by molar-refractivity contribution is 0.0849. The number of hydrogen-bond donors (Lipinski definition) is 0. The van der Waals surface area contributed by atoms with Crippen LogP contribution in [-0.2, 0) is 6.42 Å². The number of rotatable bonds is 5. The molecular weight excluding hydrogens is 258 g/mol. The minimum absolute atomic E-state index is 0.162. The summed E-state index contributed by atoms with van der Waals surface area (Å²) in [5, 5.41) is 0. The molecule has 1 aliphatic heterocycles. The van der Waals surface area contributed by atoms with Gasteiger partial charge in [-0.1, -0.05) is 44.0 Å². The largest absolute Gasteiger partial charge is 0.294 e. The number of carbonyl (C=O) groups is 1. The Kier molecular flexibility index (Phi) is 5.59. The van der Waals surface area contributed by atoms with Crippen molar-refractivity contribution in [1.29, 1.82) is 0 Å². The quantitative estimate of drug-likeness (QED) is 0.609. The van der Waals surface area contributed by atoms with Crippen LogP contribution < -0.4 is 0 Å². The number of nitrogens with zero attached hydrogens (tertiary/aromatic N) is 1. The van der Waals surface area contributed by atoms with E-state index in [2.05, 4.69) is 36.8 Å². The highest BCUT2D eigenvalue weighted by atomic mass is 16.1. The Morgan fingerprint density at radius 1 is 1.29 bits per heavy atom. The third-order valence-corrected chi connectivity index (χ3v) is 4.16. The van der Waals surface area contributed by atoms with Gasteiger partial charge in [0.2, 0.25) is 0 Å². The molecule has 2 heteroatoms. The zero-order valence-corrected chi connectivity index (χ0v) is 13.1. The van der Waals surface area contributed by atoms with Crippen LogP contribution in [0.1, 0.15) is 42.6 Å². The summed E-state index contributed by atoms with van der Waals surface area (Å²) in [6.45, 7) is 7.00. The zero-order chi connectivity index (χ0) is 15.2. The first-order valence-corrected chi connectivity index (χ1v) is 7.89. The maximum Gasteiger partial charge on any atom is 0.166 e. The normalized spacial score (nSPS) is 16.9. The molecule has 21 heavy (non-hydrogen) atoms. The molecule has 0 atom stereocenters. The first kappa shape index (κ1) is 15.8. The van der Waals surface area contributed by atoms with Crippen LogP contribution in [0.3, 0.4) is 0 Å². The van der Waals surface area contributed by atoms with Gasteiger partial charge in [0.1, 0.15) is 0 Å². The lowest BCUT2D eigenvalue weighted by atomic mass is 9.88. The number of ketones is 1. The predicted octanol–water partition coefficient (Wildman–Crippen LogP) is 3.41. The maximum atomic E-state index is 12.5. The predicted molar refractivity (Wildman–Crippen MR) is 87.3 cm³/mol. The Bertz CT molecular complexity index is 501. The van der Waals surface area contributed by atoms with Crippen LogP contribution in [0.4, 0.5) is 0 Å². The van der Waals surface area contributed by atoms with E-state index in [1.165, 1.54) is 5.56 Å². The van der Waals surface area contributed by atoms with Gasteiger partial charge in [-0.2, -0.15) is 0 Å². The summed E-state index contributed by atoms with van der Waals surface area (Å²) in [4.78, 5) is 14.8. The summed E-state index contributed by atoms with van der Waals surface area (Å²) in [5.41, 5.74) is 2.17. The maximum absolute atomic E-state index is 12.5. The van der Waals surface area contributed by atoms with Crippen LogP contribution in [-0.4, -0.2) is 30.3 Å². The SMILES string of the molecule is C#CCN1CCC(C(=O)c2ccc(CC(C)C)cc2)CC1. The lowest BCUT2D eigenvalue weighted by Crippen LogP contribution is -2.36. The third-order valence-electron chi connectivity index (χ3n) is 4.16. The topological polar surface area (TPSA) is 20.3 Å². The molecule has 1 saturated heterocycles. The Morgan fingerprint density at radius 3 is 2.43 bits per heavy atom. The van der Waals surface area contributed by atoms with Crippen molar-refractivity contribution in [2.24, 2.45) is 11.8 Å². The molecule has 0 spiro atoms. The van der Waals surface area contributed by atoms with Crippen LogP contribution in [0, 0.1) is 24.2 Å². The van der Waals surface area contributed by atoms with E-state index in [1.54, 1.807) is 0 Å². The van der Waals surface area contributed by atoms with Gasteiger partial charge in [-0.15, -0.1) is 6.42 Å². The van der Waals surface area contributed by atoms with Crippen molar-refractivity contribution >= 4 is 5.78 Å². The molecule has 2 nitrogen and oxygen atoms in total. The zero-order valence-electron chi connectivity index (χ0n) is 13.1. The number of piperidine rings is 1. The monoisotopic (exact) mass is 283 g/mol. The Morgan fingerprint density at radius 2 is 1.90 bits per heavy atom. The van der Waals surface area contributed by atoms with Crippen LogP contribution >= 0.6 is 0 Å². The molecule has 0 saturated carbocycles. The number of Topliss-reactive ketones (excluding diaryl/α,β-unsaturated/α-hetero) is 1. The molecule has 112 valence electrons. The van der Waals surface area contributed by atoms with Gasteiger partial charge >= 0.3 is 0 Å². The second kappa shape index (κ2) is 7.43. The van der Waals surface area contributed by atoms with Gasteiger partial charge in [-0.05, 0) is 43.8 Å². The summed E-state index contributed by atoms with van der Waals surface area (Å²) in [5.74, 6) is 3.78. The van der Waals surface area contributed by atoms with Crippen molar-refractivity contribution < 1.29 is 4.79 Å². The average Bonchev–Trinajstić information content (AvgIpc) is 2.48. The van der Waals surface area contributed by atoms with E-state index in [1.807, 2.05) is 12.1 Å². The smallest absolute Gasteiger partial charge is 0.166 e. The fourth-order valence-corrected chi connectivity index (χ4v) is 2.99. The first-order valence-electron chi connectivity index (χ1n) is 7.89. The van der Waals surface area contributed by atoms with Crippen LogP contribution in [0.5, 0.6) is 0 Å². The second-order valence-electron chi connectivity index (χ2n) is 6.41. The van der Waals surface area contributed by atoms with Gasteiger partial charge in [-0.3, -0.25) is 9.69 Å². The van der Waals surface area contributed by atoms with Crippen molar-refractivity contribution in [3.63, 3.8) is 0 Å². The molecule has 0 aliphatic carbocycles. The molecule has 1 fully saturated rings. The number of benzene rings is 1. The Hall–Kier alpha value is -1.59. The minimum Gasteiger partial charge on any atom is -0.294 e. The number of likely N-dealkylation sites (tertiary alicyclic amines) is 1. The fourth-order valence-electron chi connectivity index (χ4n) is 2.99. The van der Waals surface area contributed by atoms with E-state index < -0.39 is 0 Å². The molecular formula is C19H25NO. The summed E-state index contributed by atoms with van der Waals surface area (Å²) in [6.07, 6.45) is 8.25. The van der Waals surface area contributed by atoms with E-state index in [-0.39, 0.29) is 5.92 Å². The van der Waals surface area contributed by atoms with Gasteiger partial charge in [-0.25, -0.2) is 0 Å². The molecule has 0 N–H and O–H groups in total. The average molecular weight is 283 g/mol. The number of hydrogen-bond acceptors (Lipinski definition) is 2. The summed E-state index contributed by atoms with van der Waals surface area (Å²) >= 11 is 0. The number of terminal acetylenes is 1. The molecule has 1 aromatic rings. The minimum atomic E-state index is 0.162. The molecule has 1 heterocycles. The van der Waals surface area contributed by atoms with Crippen molar-refractivity contribution in [3.8, 4) is 12.3 Å². The molecule has 0 unspecified atom stereocenters. The highest BCUT2D eigenvalue weighted by Crippen LogP contribution is 2.22. The van der Waals surface area contributed by atoms with Crippen LogP contribution in [0.2, 0.25) is 0 Å². The van der Waals surface area contributed by atoms with Crippen molar-refractivity contribution in [1.82, 2.24) is 4.90 Å². The lowest BCUT2D eigenvalue weighted by Gasteiger charge is -2.29. The van der Waals surface area contributed by atoms with E-state index in [9.17, 15) is 4.79 Å². The summed E-state index contributed by atoms with van der Waals surface area (Å²) in [6, 6.07) is 8.18. The first-order chi connectivity index (χ1) is 10.1. The second-order valence-corrected chi connectivity index (χ2v) is 6.41. The summed E-state index contributed by atoms with van der Waals surface area (Å²) < 4.78 is 0. The Labute approximate surface area is 128 Å². The fraction of sp³-hybridized carbons (Fsp3) is 0.526. The summed E-state index contributed by atoms with van der Waals surface area (Å²) in [7, 11) is 0. The molecule has 0 aromatic heterocycles.